The van der Waals surface area contributed by atoms with Crippen LogP contribution in [0, 0.1) is 0 Å². The Kier molecular flexibility index (Phi) is 9.92. The highest BCUT2D eigenvalue weighted by Gasteiger charge is 2.14. The number of ether oxygens (including phenoxy) is 3. The lowest BCUT2D eigenvalue weighted by molar-refractivity contribution is 0.340. The summed E-state index contributed by atoms with van der Waals surface area (Å²) in [5, 5.41) is 6.96. The van der Waals surface area contributed by atoms with Crippen molar-refractivity contribution in [1.82, 2.24) is 4.68 Å². The summed E-state index contributed by atoms with van der Waals surface area (Å²) in [4.78, 5) is 8.00. The maximum atomic E-state index is 5.72. The van der Waals surface area contributed by atoms with Crippen LogP contribution in [0.1, 0.15) is 25.0 Å². The summed E-state index contributed by atoms with van der Waals surface area (Å²) in [5.41, 5.74) is 6.00. The summed E-state index contributed by atoms with van der Waals surface area (Å²) in [6, 6.07) is 32.5. The first-order chi connectivity index (χ1) is 21.1. The number of aromatic nitrogens is 1. The molecule has 8 heteroatoms. The molecule has 0 radical (unpaired) electrons. The van der Waals surface area contributed by atoms with E-state index in [2.05, 4.69) is 60.4 Å². The molecule has 0 N–H and O–H groups in total. The summed E-state index contributed by atoms with van der Waals surface area (Å²) >= 11 is 1.51. The fourth-order valence-electron chi connectivity index (χ4n) is 4.66. The Hall–Kier alpha value is -4.82. The molecule has 5 rings (SSSR count). The highest BCUT2D eigenvalue weighted by Crippen LogP contribution is 2.34. The molecule has 0 atom stereocenters. The van der Waals surface area contributed by atoms with Gasteiger partial charge in [0, 0.05) is 35.8 Å². The van der Waals surface area contributed by atoms with Crippen LogP contribution in [0.25, 0.3) is 11.3 Å². The molecule has 0 saturated carbocycles. The zero-order valence-corrected chi connectivity index (χ0v) is 25.8. The molecule has 0 aliphatic heterocycles. The molecule has 5 aromatic rings. The largest absolute Gasteiger partial charge is 0.497 e. The Morgan fingerprint density at radius 2 is 1.58 bits per heavy atom. The minimum Gasteiger partial charge on any atom is -0.497 e. The number of rotatable bonds is 12. The Balaban J connectivity index is 1.49. The number of hydrogen-bond acceptors (Lipinski definition) is 7. The molecular weight excluding hydrogens is 556 g/mol. The van der Waals surface area contributed by atoms with Crippen LogP contribution in [0.5, 0.6) is 17.2 Å². The van der Waals surface area contributed by atoms with E-state index < -0.39 is 0 Å². The first kappa shape index (κ1) is 29.7. The highest BCUT2D eigenvalue weighted by atomic mass is 32.1. The first-order valence-corrected chi connectivity index (χ1v) is 15.1. The van der Waals surface area contributed by atoms with Crippen molar-refractivity contribution in [3.63, 3.8) is 0 Å². The van der Waals surface area contributed by atoms with E-state index in [4.69, 9.17) is 24.3 Å². The van der Waals surface area contributed by atoms with Gasteiger partial charge in [0.15, 0.2) is 0 Å². The van der Waals surface area contributed by atoms with Gasteiger partial charge in [0.25, 0.3) is 0 Å². The fraction of sp³-hybridized carbons (Fsp3) is 0.200. The zero-order valence-electron chi connectivity index (χ0n) is 24.9. The molecule has 0 saturated heterocycles. The minimum atomic E-state index is 0.619. The SMILES string of the molecule is CCOc1ccc(N=c2scc(-c3ccc(OC)cc3OC)n2N=Cc2ccc(N(CC)Cc3ccccc3)cc2)cc1. The molecule has 0 aliphatic carbocycles. The molecule has 43 heavy (non-hydrogen) atoms. The number of benzene rings is 4. The summed E-state index contributed by atoms with van der Waals surface area (Å²) in [5.74, 6) is 2.23. The zero-order chi connectivity index (χ0) is 30.0. The molecule has 0 aliphatic rings. The highest BCUT2D eigenvalue weighted by molar-refractivity contribution is 7.07. The number of methoxy groups -OCH3 is 2. The molecule has 4 aromatic carbocycles. The number of nitrogens with zero attached hydrogens (tertiary/aromatic N) is 4. The normalized spacial score (nSPS) is 11.6. The average molecular weight is 593 g/mol. The number of thiazole rings is 1. The van der Waals surface area contributed by atoms with Gasteiger partial charge in [0.2, 0.25) is 4.80 Å². The molecule has 0 spiro atoms. The van der Waals surface area contributed by atoms with E-state index in [1.54, 1.807) is 14.2 Å². The Bertz CT molecular complexity index is 1710. The summed E-state index contributed by atoms with van der Waals surface area (Å²) in [6.07, 6.45) is 1.86. The maximum absolute atomic E-state index is 5.72. The van der Waals surface area contributed by atoms with Crippen molar-refractivity contribution in [3.05, 3.63) is 118 Å². The van der Waals surface area contributed by atoms with Crippen LogP contribution in [0.4, 0.5) is 11.4 Å². The lowest BCUT2D eigenvalue weighted by Crippen LogP contribution is -2.21. The molecule has 0 unspecified atom stereocenters. The van der Waals surface area contributed by atoms with Gasteiger partial charge in [0.1, 0.15) is 17.2 Å². The molecule has 0 fully saturated rings. The van der Waals surface area contributed by atoms with Crippen molar-refractivity contribution in [1.29, 1.82) is 0 Å². The second-order valence-electron chi connectivity index (χ2n) is 9.66. The number of hydrogen-bond donors (Lipinski definition) is 0. The molecule has 1 heterocycles. The summed E-state index contributed by atoms with van der Waals surface area (Å²) in [7, 11) is 3.30. The lowest BCUT2D eigenvalue weighted by atomic mass is 10.1. The van der Waals surface area contributed by atoms with E-state index >= 15 is 0 Å². The van der Waals surface area contributed by atoms with Gasteiger partial charge in [-0.15, -0.1) is 11.3 Å². The Morgan fingerprint density at radius 1 is 0.837 bits per heavy atom. The van der Waals surface area contributed by atoms with E-state index in [1.165, 1.54) is 22.6 Å². The molecule has 0 amide bonds. The van der Waals surface area contributed by atoms with Gasteiger partial charge in [0.05, 0.1) is 38.4 Å². The van der Waals surface area contributed by atoms with Crippen LogP contribution in [0.3, 0.4) is 0 Å². The molecule has 1 aromatic heterocycles. The summed E-state index contributed by atoms with van der Waals surface area (Å²) in [6.45, 7) is 6.54. The van der Waals surface area contributed by atoms with Crippen molar-refractivity contribution in [2.75, 3.05) is 32.3 Å². The van der Waals surface area contributed by atoms with Gasteiger partial charge in [-0.2, -0.15) is 5.10 Å². The fourth-order valence-corrected chi connectivity index (χ4v) is 5.51. The van der Waals surface area contributed by atoms with Gasteiger partial charge in [-0.3, -0.25) is 0 Å². The topological polar surface area (TPSA) is 60.6 Å². The van der Waals surface area contributed by atoms with E-state index in [1.807, 2.05) is 71.7 Å². The van der Waals surface area contributed by atoms with Gasteiger partial charge in [-0.25, -0.2) is 9.67 Å². The van der Waals surface area contributed by atoms with Crippen LogP contribution in [0.2, 0.25) is 0 Å². The van der Waals surface area contributed by atoms with Gasteiger partial charge in [-0.1, -0.05) is 42.5 Å². The van der Waals surface area contributed by atoms with Gasteiger partial charge >= 0.3 is 0 Å². The van der Waals surface area contributed by atoms with Gasteiger partial charge in [-0.05, 0) is 73.5 Å². The molecular formula is C35H36N4O3S. The van der Waals surface area contributed by atoms with E-state index in [0.29, 0.717) is 12.4 Å². The number of anilines is 1. The van der Waals surface area contributed by atoms with Crippen molar-refractivity contribution < 1.29 is 14.2 Å². The van der Waals surface area contributed by atoms with Crippen LogP contribution >= 0.6 is 11.3 Å². The van der Waals surface area contributed by atoms with Crippen molar-refractivity contribution in [2.24, 2.45) is 10.1 Å². The van der Waals surface area contributed by atoms with E-state index in [-0.39, 0.29) is 0 Å². The third kappa shape index (κ3) is 7.34. The van der Waals surface area contributed by atoms with Crippen molar-refractivity contribution in [2.45, 2.75) is 20.4 Å². The van der Waals surface area contributed by atoms with Crippen LogP contribution in [-0.4, -0.2) is 38.3 Å². The van der Waals surface area contributed by atoms with Crippen LogP contribution in [0.15, 0.2) is 113 Å². The predicted molar refractivity (Wildman–Crippen MR) is 176 cm³/mol. The van der Waals surface area contributed by atoms with E-state index in [9.17, 15) is 0 Å². The first-order valence-electron chi connectivity index (χ1n) is 14.3. The third-order valence-corrected chi connectivity index (χ3v) is 7.74. The molecule has 220 valence electrons. The van der Waals surface area contributed by atoms with Crippen molar-refractivity contribution >= 4 is 28.9 Å². The lowest BCUT2D eigenvalue weighted by Gasteiger charge is -2.23. The predicted octanol–water partition coefficient (Wildman–Crippen LogP) is 7.77. The molecule has 0 bridgehead atoms. The van der Waals surface area contributed by atoms with Crippen LogP contribution in [-0.2, 0) is 6.54 Å². The maximum Gasteiger partial charge on any atom is 0.211 e. The second kappa shape index (κ2) is 14.4. The quantitative estimate of drug-likeness (QED) is 0.139. The third-order valence-electron chi connectivity index (χ3n) is 6.92. The monoisotopic (exact) mass is 592 g/mol. The average Bonchev–Trinajstić information content (AvgIpc) is 3.45. The smallest absolute Gasteiger partial charge is 0.211 e. The summed E-state index contributed by atoms with van der Waals surface area (Å²) < 4.78 is 18.6. The standard InChI is InChI=1S/C35H36N4O3S/c1-5-38(24-27-10-8-7-9-11-27)29-16-12-26(13-17-29)23-36-39-33(32-21-20-31(40-3)22-34(32)41-4)25-43-35(39)37-28-14-18-30(19-15-28)42-6-2/h7-23,25H,5-6,24H2,1-4H3. The second-order valence-corrected chi connectivity index (χ2v) is 10.5. The Morgan fingerprint density at radius 3 is 2.26 bits per heavy atom. The Labute approximate surface area is 257 Å². The van der Waals surface area contributed by atoms with Gasteiger partial charge < -0.3 is 19.1 Å². The minimum absolute atomic E-state index is 0.619. The van der Waals surface area contributed by atoms with Crippen LogP contribution < -0.4 is 23.9 Å². The molecule has 7 nitrogen and oxygen atoms in total. The van der Waals surface area contributed by atoms with E-state index in [0.717, 1.165) is 51.9 Å². The van der Waals surface area contributed by atoms with Crippen molar-refractivity contribution in [3.8, 4) is 28.5 Å².